The minimum Gasteiger partial charge on any atom is -0.460 e. The summed E-state index contributed by atoms with van der Waals surface area (Å²) in [5.74, 6) is -8.58. The monoisotopic (exact) mass is 1770 g/mol. The fourth-order valence-electron chi connectivity index (χ4n) is 16.4. The zero-order chi connectivity index (χ0) is 90.3. The maximum absolute atomic E-state index is 14.7. The van der Waals surface area contributed by atoms with Crippen LogP contribution in [-0.4, -0.2) is 289 Å². The van der Waals surface area contributed by atoms with Crippen LogP contribution in [0.15, 0.2) is 82.7 Å². The number of amides is 2. The number of ketones is 3. The van der Waals surface area contributed by atoms with Gasteiger partial charge in [-0.2, -0.15) is 10.1 Å². The minimum atomic E-state index is -2.47. The number of Topliss-reactive ketones (excluding diaryl/α,β-unsaturated/α-hetero) is 3. The number of unbranched alkanes of at least 4 members (excludes halogenated alkanes) is 2. The average molecular weight is 1770 g/mol. The SMILES string of the molecule is CO[C@H]1C[C@@H]2CC[C@@H](C)[C@@](O)(O2)C(=O)C(=O)N2CCCC[C@H]2C(=O)O[C@H]([C@H](C)C[C@@H]2CC[C@@H](OCCCCc3cn(CCOCCOCCOCCOCCOCCOCCOCCOCCC(=O)NCCCCn4nc(-c5ccc6oc(N)nc6c5)c5c(N)ncnc54)nn3)[C@H](OC)C2)CC(=O)[C@H](C)/C=C(\C)[C@@H](O)[C@@H](O)C(=O)[C@H](C)C[C@H](C)/C=C/C=CC=C1C. The molecule has 0 radical (unpaired) electrons. The second-order valence-electron chi connectivity index (χ2n) is 33.6. The number of aryl methyl sites for hydroxylation is 2. The summed E-state index contributed by atoms with van der Waals surface area (Å²) >= 11 is 0. The van der Waals surface area contributed by atoms with Gasteiger partial charge in [0.05, 0.1) is 148 Å². The van der Waals surface area contributed by atoms with Crippen LogP contribution in [0, 0.1) is 35.5 Å². The number of anilines is 2. The molecule has 0 unspecified atom stereocenters. The first kappa shape index (κ1) is 102. The zero-order valence-electron chi connectivity index (χ0n) is 75.2. The molecule has 1 aliphatic carbocycles. The summed E-state index contributed by atoms with van der Waals surface area (Å²) in [6.45, 7) is 21.2. The second kappa shape index (κ2) is 53.7. The van der Waals surface area contributed by atoms with E-state index in [0.717, 1.165) is 55.4 Å². The molecule has 35 heteroatoms. The number of nitrogen functional groups attached to an aromatic ring is 2. The molecule has 9 rings (SSSR count). The maximum Gasteiger partial charge on any atom is 0.329 e. The second-order valence-corrected chi connectivity index (χ2v) is 33.6. The third-order valence-corrected chi connectivity index (χ3v) is 23.9. The van der Waals surface area contributed by atoms with Crippen LogP contribution in [0.5, 0.6) is 0 Å². The summed E-state index contributed by atoms with van der Waals surface area (Å²) in [5, 5.41) is 51.8. The number of nitrogens with two attached hydrogens (primary N) is 2. The lowest BCUT2D eigenvalue weighted by Gasteiger charge is -2.42. The molecule has 3 fully saturated rings. The number of fused-ring (bicyclic) bond motifs is 5. The van der Waals surface area contributed by atoms with Crippen LogP contribution < -0.4 is 16.8 Å². The Labute approximate surface area is 739 Å². The molecule has 1 saturated carbocycles. The van der Waals surface area contributed by atoms with Gasteiger partial charge in [-0.1, -0.05) is 76.3 Å². The Balaban J connectivity index is 0.581. The van der Waals surface area contributed by atoms with Crippen LogP contribution in [-0.2, 0) is 110 Å². The molecule has 5 aromatic rings. The van der Waals surface area contributed by atoms with E-state index in [1.54, 1.807) is 57.3 Å². The summed E-state index contributed by atoms with van der Waals surface area (Å²) in [7, 11) is 3.24. The van der Waals surface area contributed by atoms with Gasteiger partial charge in [-0.25, -0.2) is 24.1 Å². The largest absolute Gasteiger partial charge is 0.460 e. The number of ether oxygens (including phenoxy) is 13. The normalized spacial score (nSPS) is 26.0. The van der Waals surface area contributed by atoms with Gasteiger partial charge in [0.25, 0.3) is 17.7 Å². The number of aliphatic hydroxyl groups excluding tert-OH is 2. The lowest BCUT2D eigenvalue weighted by Crippen LogP contribution is -2.61. The molecule has 8 N–H and O–H groups in total. The first-order chi connectivity index (χ1) is 60.8. The van der Waals surface area contributed by atoms with Crippen LogP contribution in [0.25, 0.3) is 33.4 Å². The van der Waals surface area contributed by atoms with Crippen molar-refractivity contribution in [3.8, 4) is 11.3 Å². The molecule has 700 valence electrons. The van der Waals surface area contributed by atoms with Crippen molar-refractivity contribution in [3.05, 3.63) is 84.0 Å². The highest BCUT2D eigenvalue weighted by molar-refractivity contribution is 6.39. The Hall–Kier alpha value is -8.24. The van der Waals surface area contributed by atoms with E-state index in [4.69, 9.17) is 82.6 Å². The molecule has 2 bridgehead atoms. The van der Waals surface area contributed by atoms with E-state index in [-0.39, 0.29) is 92.1 Å². The third kappa shape index (κ3) is 31.9. The zero-order valence-corrected chi connectivity index (χ0v) is 75.2. The van der Waals surface area contributed by atoms with Crippen molar-refractivity contribution in [2.45, 2.75) is 232 Å². The Bertz CT molecular complexity index is 4300. The molecular weight excluding hydrogens is 1630 g/mol. The Morgan fingerprint density at radius 1 is 0.714 bits per heavy atom. The number of hydrogen-bond acceptors (Lipinski definition) is 31. The predicted molar refractivity (Wildman–Crippen MR) is 468 cm³/mol. The van der Waals surface area contributed by atoms with Crippen LogP contribution in [0.2, 0.25) is 0 Å². The molecule has 4 aromatic heterocycles. The van der Waals surface area contributed by atoms with Crippen molar-refractivity contribution in [3.63, 3.8) is 0 Å². The number of oxazole rings is 1. The molecule has 0 spiro atoms. The molecule has 126 heavy (non-hydrogen) atoms. The Morgan fingerprint density at radius 3 is 2.08 bits per heavy atom. The lowest BCUT2D eigenvalue weighted by molar-refractivity contribution is -0.265. The maximum atomic E-state index is 14.7. The number of esters is 1. The smallest absolute Gasteiger partial charge is 0.329 e. The van der Waals surface area contributed by atoms with Crippen molar-refractivity contribution < 1.29 is 110 Å². The van der Waals surface area contributed by atoms with Gasteiger partial charge in [-0.15, -0.1) is 5.10 Å². The highest BCUT2D eigenvalue weighted by Crippen LogP contribution is 2.39. The number of rotatable bonds is 44. The molecule has 2 saturated heterocycles. The fourth-order valence-corrected chi connectivity index (χ4v) is 16.4. The lowest BCUT2D eigenvalue weighted by atomic mass is 9.78. The standard InChI is InChI=1S/C91H138N12O23/c1-60-19-11-10-12-20-61(2)76(113-8)56-70-26-23-66(7)91(112,126-70)85(109)88(110)102-31-16-13-22-72(102)89(111)124-77(57-73(104)62(3)52-65(6)83(107)84(108)82(106)64(5)51-60)63(4)53-67-24-27-75(78(54-67)114-9)123-34-18-14-21-69-58-101(100-98-69)33-36-116-38-40-118-42-44-120-46-48-122-50-49-121-47-45-119-43-41-117-39-37-115-35-29-79(105)94-30-15-17-32-103-87-80(86(92)95-59-96-87)81(99-103)68-25-28-74-71(55-68)97-90(93)125-74/h10-12,19-20,25,28,52,55,58-60,62-64,66-67,70,72,75-78,83-84,107-108,112H,13-18,21-24,26-27,29-51,53-54,56-57H2,1-9H3,(H2,93,97)(H,94,105)(H2,92,95,96)/b12-10?,19-11+,61-20?,65-52+/t60-,62-,63-,64-,66-,67+,70+,72+,75-,76+,77+,78-,83-,84+,91-/m1/s1. The summed E-state index contributed by atoms with van der Waals surface area (Å²) in [5.41, 5.74) is 17.2. The van der Waals surface area contributed by atoms with E-state index in [9.17, 15) is 44.1 Å². The van der Waals surface area contributed by atoms with E-state index < -0.39 is 83.5 Å². The van der Waals surface area contributed by atoms with E-state index in [1.165, 1.54) is 17.3 Å². The summed E-state index contributed by atoms with van der Waals surface area (Å²) < 4.78 is 85.0. The van der Waals surface area contributed by atoms with Gasteiger partial charge in [0.2, 0.25) is 11.7 Å². The van der Waals surface area contributed by atoms with Gasteiger partial charge in [0, 0.05) is 89.2 Å². The fraction of sp³-hybridized carbons (Fsp3) is 0.692. The van der Waals surface area contributed by atoms with E-state index in [2.05, 4.69) is 30.6 Å². The van der Waals surface area contributed by atoms with Gasteiger partial charge in [0.15, 0.2) is 17.0 Å². The minimum absolute atomic E-state index is 0.0569. The van der Waals surface area contributed by atoms with Crippen molar-refractivity contribution in [2.75, 3.05) is 151 Å². The van der Waals surface area contributed by atoms with Crippen molar-refractivity contribution in [2.24, 2.45) is 35.5 Å². The topological polar surface area (TPSA) is 451 Å². The van der Waals surface area contributed by atoms with Crippen LogP contribution >= 0.6 is 0 Å². The number of hydrogen-bond donors (Lipinski definition) is 6. The molecule has 35 nitrogen and oxygen atoms in total. The highest BCUT2D eigenvalue weighted by atomic mass is 16.6. The first-order valence-corrected chi connectivity index (χ1v) is 45.0. The van der Waals surface area contributed by atoms with Crippen molar-refractivity contribution in [1.29, 1.82) is 0 Å². The quantitative estimate of drug-likeness (QED) is 0.00922. The highest BCUT2D eigenvalue weighted by Gasteiger charge is 2.53. The number of allylic oxidation sites excluding steroid dienone is 6. The van der Waals surface area contributed by atoms with Crippen LogP contribution in [0.1, 0.15) is 163 Å². The Morgan fingerprint density at radius 2 is 1.40 bits per heavy atom. The van der Waals surface area contributed by atoms with Crippen molar-refractivity contribution >= 4 is 69.1 Å². The number of benzene rings is 1. The number of cyclic esters (lactones) is 1. The summed E-state index contributed by atoms with van der Waals surface area (Å²) in [6, 6.07) is 4.39. The molecular formula is C91H138N12O23. The van der Waals surface area contributed by atoms with E-state index in [1.807, 2.05) is 69.5 Å². The summed E-state index contributed by atoms with van der Waals surface area (Å²) in [6.07, 6.45) is 17.9. The number of nitrogens with one attached hydrogen (secondary N) is 1. The molecule has 4 aliphatic rings. The number of aliphatic hydroxyl groups is 3. The molecule has 2 amide bonds. The first-order valence-electron chi connectivity index (χ1n) is 45.0. The van der Waals surface area contributed by atoms with Crippen molar-refractivity contribution in [1.82, 2.24) is 49.9 Å². The van der Waals surface area contributed by atoms with Crippen LogP contribution in [0.3, 0.4) is 0 Å². The van der Waals surface area contributed by atoms with Gasteiger partial charge in [-0.05, 0) is 157 Å². The Kier molecular flexibility index (Phi) is 43.2. The number of piperidine rings is 1. The molecule has 3 aliphatic heterocycles. The number of aromatic nitrogens is 8. The van der Waals surface area contributed by atoms with Gasteiger partial charge in [-0.3, -0.25) is 24.0 Å². The third-order valence-electron chi connectivity index (χ3n) is 23.9. The molecule has 7 heterocycles. The molecule has 1 aromatic carbocycles. The van der Waals surface area contributed by atoms with Gasteiger partial charge >= 0.3 is 5.97 Å². The predicted octanol–water partition coefficient (Wildman–Crippen LogP) is 8.40. The van der Waals surface area contributed by atoms with E-state index >= 15 is 0 Å². The van der Waals surface area contributed by atoms with Gasteiger partial charge in [0.1, 0.15) is 53.5 Å². The number of carbonyl (C=O) groups is 6. The number of methoxy groups -OCH3 is 2. The van der Waals surface area contributed by atoms with Gasteiger partial charge < -0.3 is 103 Å². The number of carbonyl (C=O) groups excluding carboxylic acids is 6. The number of nitrogens with zero attached hydrogens (tertiary/aromatic N) is 9. The average Bonchev–Trinajstić information content (AvgIpc) is 1.57. The van der Waals surface area contributed by atoms with E-state index in [0.29, 0.717) is 210 Å². The molecule has 15 atom stereocenters. The van der Waals surface area contributed by atoms with Crippen LogP contribution in [0.4, 0.5) is 11.8 Å². The summed E-state index contributed by atoms with van der Waals surface area (Å²) in [4.78, 5) is 98.2.